The standard InChI is InChI=1S/C31H29N3O3/c1-23(25-11-5-2-6-12-25)33-29(35)22-37-28-19-17-24(18-20-28)21-32-34-31(36)30(26-13-7-3-8-14-26)27-15-9-4-10-16-27/h2-21,23,30H,22H2,1H3,(H,33,35)(H,34,36)/b32-21+/t23-/m0/s1. The van der Waals surface area contributed by atoms with Crippen molar-refractivity contribution in [3.8, 4) is 5.75 Å². The lowest BCUT2D eigenvalue weighted by atomic mass is 9.91. The molecule has 0 saturated carbocycles. The topological polar surface area (TPSA) is 79.8 Å². The molecule has 4 aromatic carbocycles. The van der Waals surface area contributed by atoms with E-state index in [1.807, 2.05) is 97.9 Å². The number of carbonyl (C=O) groups is 2. The lowest BCUT2D eigenvalue weighted by Gasteiger charge is -2.16. The van der Waals surface area contributed by atoms with Crippen molar-refractivity contribution in [3.05, 3.63) is 138 Å². The van der Waals surface area contributed by atoms with Crippen molar-refractivity contribution in [3.63, 3.8) is 0 Å². The Morgan fingerprint density at radius 2 is 1.27 bits per heavy atom. The number of nitrogens with zero attached hydrogens (tertiary/aromatic N) is 1. The third kappa shape index (κ3) is 7.39. The van der Waals surface area contributed by atoms with Crippen LogP contribution >= 0.6 is 0 Å². The lowest BCUT2D eigenvalue weighted by Crippen LogP contribution is -2.31. The van der Waals surface area contributed by atoms with E-state index in [4.69, 9.17) is 4.74 Å². The Bertz CT molecular complexity index is 1270. The maximum atomic E-state index is 13.0. The maximum absolute atomic E-state index is 13.0. The minimum absolute atomic E-state index is 0.0823. The monoisotopic (exact) mass is 491 g/mol. The number of nitrogens with one attached hydrogen (secondary N) is 2. The highest BCUT2D eigenvalue weighted by Crippen LogP contribution is 2.24. The van der Waals surface area contributed by atoms with E-state index in [9.17, 15) is 9.59 Å². The van der Waals surface area contributed by atoms with Crippen molar-refractivity contribution in [1.29, 1.82) is 0 Å². The molecule has 0 aliphatic carbocycles. The molecule has 2 N–H and O–H groups in total. The number of benzene rings is 4. The van der Waals surface area contributed by atoms with E-state index >= 15 is 0 Å². The molecule has 0 heterocycles. The van der Waals surface area contributed by atoms with E-state index in [1.54, 1.807) is 30.5 Å². The second kappa shape index (κ2) is 12.8. The Labute approximate surface area is 217 Å². The average molecular weight is 492 g/mol. The summed E-state index contributed by atoms with van der Waals surface area (Å²) >= 11 is 0. The van der Waals surface area contributed by atoms with Gasteiger partial charge in [-0.1, -0.05) is 91.0 Å². The smallest absolute Gasteiger partial charge is 0.258 e. The summed E-state index contributed by atoms with van der Waals surface area (Å²) in [5.74, 6) is -0.316. The molecule has 0 aromatic heterocycles. The summed E-state index contributed by atoms with van der Waals surface area (Å²) in [6, 6.07) is 36.0. The molecule has 37 heavy (non-hydrogen) atoms. The molecule has 2 amide bonds. The van der Waals surface area contributed by atoms with Crippen LogP contribution in [0.5, 0.6) is 5.75 Å². The van der Waals surface area contributed by atoms with Crippen LogP contribution in [-0.2, 0) is 9.59 Å². The van der Waals surface area contributed by atoms with Gasteiger partial charge in [0.1, 0.15) is 5.75 Å². The zero-order valence-corrected chi connectivity index (χ0v) is 20.6. The number of amides is 2. The SMILES string of the molecule is C[C@H](NC(=O)COc1ccc(/C=N/NC(=O)C(c2ccccc2)c2ccccc2)cc1)c1ccccc1. The summed E-state index contributed by atoms with van der Waals surface area (Å²) in [5.41, 5.74) is 6.26. The number of hydrogen-bond donors (Lipinski definition) is 2. The van der Waals surface area contributed by atoms with Crippen LogP contribution in [0.15, 0.2) is 120 Å². The highest BCUT2D eigenvalue weighted by Gasteiger charge is 2.22. The Hall–Kier alpha value is -4.71. The molecule has 0 aliphatic rings. The van der Waals surface area contributed by atoms with Gasteiger partial charge in [-0.25, -0.2) is 5.43 Å². The van der Waals surface area contributed by atoms with Gasteiger partial charge in [-0.15, -0.1) is 0 Å². The molecule has 0 saturated heterocycles. The quantitative estimate of drug-likeness (QED) is 0.236. The van der Waals surface area contributed by atoms with E-state index in [0.717, 1.165) is 22.3 Å². The fourth-order valence-electron chi connectivity index (χ4n) is 3.93. The highest BCUT2D eigenvalue weighted by molar-refractivity contribution is 5.88. The van der Waals surface area contributed by atoms with Crippen LogP contribution in [0.25, 0.3) is 0 Å². The second-order valence-electron chi connectivity index (χ2n) is 8.55. The van der Waals surface area contributed by atoms with Crippen LogP contribution in [0.1, 0.15) is 41.1 Å². The number of carbonyl (C=O) groups excluding carboxylic acids is 2. The average Bonchev–Trinajstić information content (AvgIpc) is 2.94. The van der Waals surface area contributed by atoms with Crippen molar-refractivity contribution in [2.24, 2.45) is 5.10 Å². The summed E-state index contributed by atoms with van der Waals surface area (Å²) in [6.45, 7) is 1.85. The zero-order valence-electron chi connectivity index (χ0n) is 20.6. The third-order valence-corrected chi connectivity index (χ3v) is 5.84. The van der Waals surface area contributed by atoms with Gasteiger partial charge in [0.2, 0.25) is 0 Å². The van der Waals surface area contributed by atoms with Gasteiger partial charge in [-0.05, 0) is 53.4 Å². The first kappa shape index (κ1) is 25.4. The number of hydrogen-bond acceptors (Lipinski definition) is 4. The van der Waals surface area contributed by atoms with E-state index in [2.05, 4.69) is 15.8 Å². The molecule has 0 aliphatic heterocycles. The first-order chi connectivity index (χ1) is 18.1. The van der Waals surface area contributed by atoms with E-state index < -0.39 is 5.92 Å². The number of ether oxygens (including phenoxy) is 1. The Morgan fingerprint density at radius 3 is 1.81 bits per heavy atom. The normalized spacial score (nSPS) is 11.7. The zero-order chi connectivity index (χ0) is 25.9. The molecule has 186 valence electrons. The molecule has 0 fully saturated rings. The Morgan fingerprint density at radius 1 is 0.757 bits per heavy atom. The largest absolute Gasteiger partial charge is 0.484 e. The summed E-state index contributed by atoms with van der Waals surface area (Å²) < 4.78 is 5.61. The first-order valence-corrected chi connectivity index (χ1v) is 12.1. The van der Waals surface area contributed by atoms with Gasteiger partial charge in [-0.2, -0.15) is 5.10 Å². The van der Waals surface area contributed by atoms with Crippen LogP contribution in [0.2, 0.25) is 0 Å². The van der Waals surface area contributed by atoms with Crippen LogP contribution in [-0.4, -0.2) is 24.6 Å². The maximum Gasteiger partial charge on any atom is 0.258 e. The fourth-order valence-corrected chi connectivity index (χ4v) is 3.93. The second-order valence-corrected chi connectivity index (χ2v) is 8.55. The molecule has 1 atom stereocenters. The minimum atomic E-state index is -0.467. The summed E-state index contributed by atoms with van der Waals surface area (Å²) in [5, 5.41) is 7.07. The Kier molecular flexibility index (Phi) is 8.81. The van der Waals surface area contributed by atoms with Gasteiger partial charge in [-0.3, -0.25) is 9.59 Å². The molecule has 0 bridgehead atoms. The molecule has 6 nitrogen and oxygen atoms in total. The lowest BCUT2D eigenvalue weighted by molar-refractivity contribution is -0.124. The highest BCUT2D eigenvalue weighted by atomic mass is 16.5. The molecule has 0 radical (unpaired) electrons. The molecule has 0 unspecified atom stereocenters. The Balaban J connectivity index is 1.30. The predicted octanol–water partition coefficient (Wildman–Crippen LogP) is 5.23. The van der Waals surface area contributed by atoms with Gasteiger partial charge < -0.3 is 10.1 Å². The molecule has 4 aromatic rings. The van der Waals surface area contributed by atoms with Crippen molar-refractivity contribution in [2.45, 2.75) is 18.9 Å². The molecule has 6 heteroatoms. The molecular weight excluding hydrogens is 462 g/mol. The summed E-state index contributed by atoms with van der Waals surface area (Å²) in [7, 11) is 0. The van der Waals surface area contributed by atoms with Gasteiger partial charge in [0.05, 0.1) is 18.2 Å². The molecular formula is C31H29N3O3. The van der Waals surface area contributed by atoms with Crippen LogP contribution in [0.4, 0.5) is 0 Å². The van der Waals surface area contributed by atoms with Crippen LogP contribution < -0.4 is 15.5 Å². The van der Waals surface area contributed by atoms with E-state index in [0.29, 0.717) is 5.75 Å². The third-order valence-electron chi connectivity index (χ3n) is 5.84. The fraction of sp³-hybridized carbons (Fsp3) is 0.129. The van der Waals surface area contributed by atoms with E-state index in [1.165, 1.54) is 0 Å². The summed E-state index contributed by atoms with van der Waals surface area (Å²) in [6.07, 6.45) is 1.57. The van der Waals surface area contributed by atoms with Gasteiger partial charge >= 0.3 is 0 Å². The van der Waals surface area contributed by atoms with Crippen LogP contribution in [0, 0.1) is 0 Å². The number of hydrazone groups is 1. The van der Waals surface area contributed by atoms with Crippen molar-refractivity contribution >= 4 is 18.0 Å². The number of rotatable bonds is 10. The van der Waals surface area contributed by atoms with Crippen molar-refractivity contribution < 1.29 is 14.3 Å². The van der Waals surface area contributed by atoms with Crippen molar-refractivity contribution in [2.75, 3.05) is 6.61 Å². The van der Waals surface area contributed by atoms with Gasteiger partial charge in [0.15, 0.2) is 6.61 Å². The predicted molar refractivity (Wildman–Crippen MR) is 145 cm³/mol. The molecule has 0 spiro atoms. The minimum Gasteiger partial charge on any atom is -0.484 e. The van der Waals surface area contributed by atoms with Gasteiger partial charge in [0.25, 0.3) is 11.8 Å². The van der Waals surface area contributed by atoms with Crippen LogP contribution in [0.3, 0.4) is 0 Å². The van der Waals surface area contributed by atoms with Gasteiger partial charge in [0, 0.05) is 0 Å². The first-order valence-electron chi connectivity index (χ1n) is 12.1. The van der Waals surface area contributed by atoms with Crippen molar-refractivity contribution in [1.82, 2.24) is 10.7 Å². The molecule has 4 rings (SSSR count). The van der Waals surface area contributed by atoms with E-state index in [-0.39, 0.29) is 24.5 Å². The summed E-state index contributed by atoms with van der Waals surface area (Å²) in [4.78, 5) is 25.3.